The van der Waals surface area contributed by atoms with E-state index in [1.807, 2.05) is 20.8 Å². The van der Waals surface area contributed by atoms with E-state index in [4.69, 9.17) is 9.15 Å². The molecule has 2 atom stereocenters. The zero-order chi connectivity index (χ0) is 17.0. The number of carbonyl (C=O) groups is 1. The van der Waals surface area contributed by atoms with E-state index in [1.165, 1.54) is 0 Å². The van der Waals surface area contributed by atoms with Gasteiger partial charge in [-0.05, 0) is 39.5 Å². The van der Waals surface area contributed by atoms with Crippen LogP contribution in [0.15, 0.2) is 4.42 Å². The Hall–Kier alpha value is -1.59. The summed E-state index contributed by atoms with van der Waals surface area (Å²) in [6.07, 6.45) is 4.46. The van der Waals surface area contributed by atoms with Crippen LogP contribution in [0.5, 0.6) is 0 Å². The zero-order valence-electron chi connectivity index (χ0n) is 14.9. The third-order valence-corrected chi connectivity index (χ3v) is 3.85. The number of hydrogen-bond donors (Lipinski definition) is 1. The van der Waals surface area contributed by atoms with Crippen molar-refractivity contribution in [1.29, 1.82) is 0 Å². The highest BCUT2D eigenvalue weighted by Gasteiger charge is 2.33. The lowest BCUT2D eigenvalue weighted by atomic mass is 9.84. The molecule has 0 radical (unpaired) electrons. The van der Waals surface area contributed by atoms with Gasteiger partial charge >= 0.3 is 6.09 Å². The molecule has 0 aromatic carbocycles. The molecule has 130 valence electrons. The molecular weight excluding hydrogens is 294 g/mol. The summed E-state index contributed by atoms with van der Waals surface area (Å²) in [5, 5.41) is 11.3. The zero-order valence-corrected chi connectivity index (χ0v) is 14.9. The van der Waals surface area contributed by atoms with Crippen LogP contribution >= 0.6 is 0 Å². The number of carbonyl (C=O) groups excluding carboxylic acids is 1. The quantitative estimate of drug-likeness (QED) is 0.911. The van der Waals surface area contributed by atoms with Crippen molar-refractivity contribution >= 4 is 6.09 Å². The van der Waals surface area contributed by atoms with Crippen LogP contribution in [0.1, 0.15) is 78.0 Å². The van der Waals surface area contributed by atoms with Crippen LogP contribution in [0, 0.1) is 5.92 Å². The highest BCUT2D eigenvalue weighted by Crippen LogP contribution is 2.32. The number of rotatable bonds is 4. The summed E-state index contributed by atoms with van der Waals surface area (Å²) in [7, 11) is 0. The number of aromatic nitrogens is 2. The van der Waals surface area contributed by atoms with Crippen LogP contribution in [0.3, 0.4) is 0 Å². The molecule has 1 fully saturated rings. The van der Waals surface area contributed by atoms with Crippen LogP contribution in [0.4, 0.5) is 4.79 Å². The topological polar surface area (TPSA) is 77.2 Å². The number of amides is 1. The molecule has 0 spiro atoms. The first-order valence-corrected chi connectivity index (χ1v) is 8.56. The van der Waals surface area contributed by atoms with E-state index in [0.717, 1.165) is 32.1 Å². The average Bonchev–Trinajstić information content (AvgIpc) is 2.84. The second kappa shape index (κ2) is 7.32. The Kier molecular flexibility index (Phi) is 5.65. The molecule has 1 aliphatic rings. The van der Waals surface area contributed by atoms with Crippen LogP contribution < -0.4 is 5.32 Å². The Morgan fingerprint density at radius 1 is 1.30 bits per heavy atom. The van der Waals surface area contributed by atoms with Crippen molar-refractivity contribution in [1.82, 2.24) is 15.5 Å². The van der Waals surface area contributed by atoms with Crippen molar-refractivity contribution < 1.29 is 13.9 Å². The maximum absolute atomic E-state index is 12.1. The smallest absolute Gasteiger partial charge is 0.407 e. The van der Waals surface area contributed by atoms with Gasteiger partial charge in [0.05, 0.1) is 5.92 Å². The van der Waals surface area contributed by atoms with Crippen molar-refractivity contribution in [2.45, 2.75) is 84.3 Å². The number of nitrogens with zero attached hydrogens (tertiary/aromatic N) is 2. The van der Waals surface area contributed by atoms with Crippen molar-refractivity contribution in [2.24, 2.45) is 5.92 Å². The molecular formula is C17H29N3O3. The normalized spacial score (nSPS) is 22.2. The van der Waals surface area contributed by atoms with Gasteiger partial charge in [-0.2, -0.15) is 0 Å². The minimum Gasteiger partial charge on any atom is -0.444 e. The first kappa shape index (κ1) is 17.8. The minimum absolute atomic E-state index is 0.00838. The second-order valence-corrected chi connectivity index (χ2v) is 7.78. The molecule has 1 N–H and O–H groups in total. The van der Waals surface area contributed by atoms with Crippen molar-refractivity contribution in [3.05, 3.63) is 11.8 Å². The maximum Gasteiger partial charge on any atom is 0.407 e. The van der Waals surface area contributed by atoms with Gasteiger partial charge in [-0.25, -0.2) is 4.79 Å². The molecule has 0 aliphatic heterocycles. The van der Waals surface area contributed by atoms with Crippen LogP contribution in [-0.4, -0.2) is 27.9 Å². The molecule has 1 saturated carbocycles. The van der Waals surface area contributed by atoms with Gasteiger partial charge in [0.1, 0.15) is 5.60 Å². The van der Waals surface area contributed by atoms with E-state index >= 15 is 0 Å². The van der Waals surface area contributed by atoms with E-state index in [1.54, 1.807) is 0 Å². The molecule has 0 bridgehead atoms. The molecule has 1 amide bonds. The summed E-state index contributed by atoms with van der Waals surface area (Å²) in [4.78, 5) is 12.1. The maximum atomic E-state index is 12.1. The van der Waals surface area contributed by atoms with Crippen molar-refractivity contribution in [3.8, 4) is 0 Å². The van der Waals surface area contributed by atoms with Gasteiger partial charge in [0.25, 0.3) is 0 Å². The third-order valence-electron chi connectivity index (χ3n) is 3.85. The van der Waals surface area contributed by atoms with E-state index in [0.29, 0.717) is 17.7 Å². The second-order valence-electron chi connectivity index (χ2n) is 7.78. The van der Waals surface area contributed by atoms with Gasteiger partial charge in [0.15, 0.2) is 0 Å². The molecule has 6 nitrogen and oxygen atoms in total. The Morgan fingerprint density at radius 3 is 2.65 bits per heavy atom. The highest BCUT2D eigenvalue weighted by atomic mass is 16.6. The molecule has 0 unspecified atom stereocenters. The lowest BCUT2D eigenvalue weighted by Gasteiger charge is -2.30. The average molecular weight is 323 g/mol. The summed E-state index contributed by atoms with van der Waals surface area (Å²) in [6.45, 7) is 9.83. The summed E-state index contributed by atoms with van der Waals surface area (Å²) < 4.78 is 11.2. The number of nitrogens with one attached hydrogen (secondary N) is 1. The van der Waals surface area contributed by atoms with Crippen LogP contribution in [0.25, 0.3) is 0 Å². The third kappa shape index (κ3) is 5.52. The fourth-order valence-corrected chi connectivity index (χ4v) is 2.91. The van der Waals surface area contributed by atoms with Gasteiger partial charge in [0.2, 0.25) is 11.8 Å². The van der Waals surface area contributed by atoms with E-state index in [9.17, 15) is 4.79 Å². The standard InChI is InChI=1S/C17H29N3O3/c1-11(2)10-14-19-20-15(22-14)12-8-6-7-9-13(12)18-16(21)23-17(3,4)5/h11-13H,6-10H2,1-5H3,(H,18,21)/t12-,13-/m1/s1. The fraction of sp³-hybridized carbons (Fsp3) is 0.824. The van der Waals surface area contributed by atoms with Gasteiger partial charge in [-0.1, -0.05) is 26.7 Å². The predicted octanol–water partition coefficient (Wildman–Crippen LogP) is 3.82. The largest absolute Gasteiger partial charge is 0.444 e. The number of ether oxygens (including phenoxy) is 1. The molecule has 23 heavy (non-hydrogen) atoms. The fourth-order valence-electron chi connectivity index (χ4n) is 2.91. The number of alkyl carbamates (subject to hydrolysis) is 1. The van der Waals surface area contributed by atoms with E-state index < -0.39 is 5.60 Å². The Morgan fingerprint density at radius 2 is 2.00 bits per heavy atom. The van der Waals surface area contributed by atoms with E-state index in [2.05, 4.69) is 29.4 Å². The lowest BCUT2D eigenvalue weighted by Crippen LogP contribution is -2.43. The molecule has 6 heteroatoms. The molecule has 2 rings (SSSR count). The first-order chi connectivity index (χ1) is 10.7. The molecule has 1 heterocycles. The SMILES string of the molecule is CC(C)Cc1nnc([C@@H]2CCCC[C@H]2NC(=O)OC(C)(C)C)o1. The Labute approximate surface area is 138 Å². The van der Waals surface area contributed by atoms with Gasteiger partial charge in [-0.3, -0.25) is 0 Å². The van der Waals surface area contributed by atoms with E-state index in [-0.39, 0.29) is 18.1 Å². The van der Waals surface area contributed by atoms with Crippen molar-refractivity contribution in [3.63, 3.8) is 0 Å². The predicted molar refractivity (Wildman–Crippen MR) is 87.2 cm³/mol. The van der Waals surface area contributed by atoms with Gasteiger partial charge < -0.3 is 14.5 Å². The Bertz CT molecular complexity index is 519. The minimum atomic E-state index is -0.497. The molecule has 1 aromatic heterocycles. The van der Waals surface area contributed by atoms with Crippen molar-refractivity contribution in [2.75, 3.05) is 0 Å². The molecule has 1 aromatic rings. The lowest BCUT2D eigenvalue weighted by molar-refractivity contribution is 0.0481. The number of hydrogen-bond acceptors (Lipinski definition) is 5. The summed E-state index contributed by atoms with van der Waals surface area (Å²) in [5.74, 6) is 1.87. The van der Waals surface area contributed by atoms with Crippen LogP contribution in [0.2, 0.25) is 0 Å². The summed E-state index contributed by atoms with van der Waals surface area (Å²) in [5.41, 5.74) is -0.497. The van der Waals surface area contributed by atoms with Gasteiger partial charge in [0, 0.05) is 12.5 Å². The van der Waals surface area contributed by atoms with Gasteiger partial charge in [-0.15, -0.1) is 10.2 Å². The summed E-state index contributed by atoms with van der Waals surface area (Å²) >= 11 is 0. The Balaban J connectivity index is 2.03. The molecule has 0 saturated heterocycles. The first-order valence-electron chi connectivity index (χ1n) is 8.56. The summed E-state index contributed by atoms with van der Waals surface area (Å²) in [6, 6.07) is -0.00838. The highest BCUT2D eigenvalue weighted by molar-refractivity contribution is 5.68. The molecule has 1 aliphatic carbocycles. The monoisotopic (exact) mass is 323 g/mol. The van der Waals surface area contributed by atoms with Crippen LogP contribution in [-0.2, 0) is 11.2 Å².